The summed E-state index contributed by atoms with van der Waals surface area (Å²) in [5, 5.41) is 16.4. The molecule has 2 aromatic rings. The first-order valence-corrected chi connectivity index (χ1v) is 7.05. The predicted octanol–water partition coefficient (Wildman–Crippen LogP) is 3.54. The van der Waals surface area contributed by atoms with Crippen LogP contribution in [0.5, 0.6) is 0 Å². The molecule has 0 radical (unpaired) electrons. The van der Waals surface area contributed by atoms with Crippen LogP contribution in [0.3, 0.4) is 0 Å². The first-order valence-electron chi connectivity index (χ1n) is 5.72. The van der Waals surface area contributed by atoms with Crippen molar-refractivity contribution in [1.29, 1.82) is 0 Å². The second-order valence-corrected chi connectivity index (χ2v) is 5.42. The van der Waals surface area contributed by atoms with E-state index < -0.39 is 5.97 Å². The van der Waals surface area contributed by atoms with E-state index in [0.29, 0.717) is 5.82 Å². The molecule has 0 spiro atoms. The highest BCUT2D eigenvalue weighted by Crippen LogP contribution is 2.19. The molecule has 2 heterocycles. The van der Waals surface area contributed by atoms with Crippen LogP contribution in [0.2, 0.25) is 5.02 Å². The molecule has 1 unspecified atom stereocenters. The summed E-state index contributed by atoms with van der Waals surface area (Å²) in [5.41, 5.74) is 1.30. The van der Waals surface area contributed by atoms with Crippen molar-refractivity contribution < 1.29 is 9.90 Å². The van der Waals surface area contributed by atoms with Gasteiger partial charge in [0, 0.05) is 12.2 Å². The molecule has 6 heteroatoms. The summed E-state index contributed by atoms with van der Waals surface area (Å²) in [6.45, 7) is 2.02. The number of hydrogen-bond acceptors (Lipinski definition) is 4. The van der Waals surface area contributed by atoms with Crippen molar-refractivity contribution in [3.63, 3.8) is 0 Å². The monoisotopic (exact) mass is 296 g/mol. The minimum absolute atomic E-state index is 0.0573. The normalized spacial score (nSPS) is 12.1. The molecule has 0 fully saturated rings. The molecule has 100 valence electrons. The van der Waals surface area contributed by atoms with Crippen molar-refractivity contribution in [3.8, 4) is 0 Å². The van der Waals surface area contributed by atoms with E-state index in [1.54, 1.807) is 11.3 Å². The highest BCUT2D eigenvalue weighted by molar-refractivity contribution is 7.07. The lowest BCUT2D eigenvalue weighted by Crippen LogP contribution is -2.19. The zero-order valence-electron chi connectivity index (χ0n) is 10.3. The summed E-state index contributed by atoms with van der Waals surface area (Å²) in [5.74, 6) is -0.537. The van der Waals surface area contributed by atoms with Gasteiger partial charge in [-0.3, -0.25) is 0 Å². The molecule has 0 saturated carbocycles. The number of rotatable bonds is 5. The van der Waals surface area contributed by atoms with Gasteiger partial charge in [-0.2, -0.15) is 11.3 Å². The van der Waals surface area contributed by atoms with Crippen molar-refractivity contribution in [2.75, 3.05) is 5.32 Å². The Bertz CT molecular complexity index is 572. The molecular formula is C13H13ClN2O2S. The number of anilines is 1. The van der Waals surface area contributed by atoms with Crippen molar-refractivity contribution in [1.82, 2.24) is 4.98 Å². The summed E-state index contributed by atoms with van der Waals surface area (Å²) >= 11 is 7.43. The van der Waals surface area contributed by atoms with Gasteiger partial charge in [-0.05, 0) is 41.8 Å². The molecule has 0 aliphatic rings. The van der Waals surface area contributed by atoms with E-state index in [1.807, 2.05) is 12.3 Å². The summed E-state index contributed by atoms with van der Waals surface area (Å²) in [6, 6.07) is 3.68. The molecule has 2 aromatic heterocycles. The summed E-state index contributed by atoms with van der Waals surface area (Å²) in [7, 11) is 0. The lowest BCUT2D eigenvalue weighted by molar-refractivity contribution is 0.0697. The number of halogens is 1. The highest BCUT2D eigenvalue weighted by atomic mass is 35.5. The molecule has 0 aromatic carbocycles. The zero-order chi connectivity index (χ0) is 13.8. The standard InChI is InChI=1S/C13H13ClN2O2S/c1-8(4-9-2-3-19-7-9)16-12-5-10(13(17)18)11(14)6-15-12/h2-3,5-8H,4H2,1H3,(H,15,16)(H,17,18). The maximum Gasteiger partial charge on any atom is 0.337 e. The fourth-order valence-corrected chi connectivity index (χ4v) is 2.61. The molecule has 0 saturated heterocycles. The molecule has 19 heavy (non-hydrogen) atoms. The molecule has 0 aliphatic carbocycles. The van der Waals surface area contributed by atoms with Gasteiger partial charge in [0.1, 0.15) is 5.82 Å². The quantitative estimate of drug-likeness (QED) is 0.886. The summed E-state index contributed by atoms with van der Waals surface area (Å²) < 4.78 is 0. The average Bonchev–Trinajstić information content (AvgIpc) is 2.84. The van der Waals surface area contributed by atoms with Crippen LogP contribution in [0, 0.1) is 0 Å². The number of pyridine rings is 1. The molecule has 0 amide bonds. The van der Waals surface area contributed by atoms with Gasteiger partial charge in [-0.1, -0.05) is 11.6 Å². The van der Waals surface area contributed by atoms with Crippen LogP contribution in [0.25, 0.3) is 0 Å². The van der Waals surface area contributed by atoms with Gasteiger partial charge < -0.3 is 10.4 Å². The first-order chi connectivity index (χ1) is 9.06. The Morgan fingerprint density at radius 3 is 3.05 bits per heavy atom. The Kier molecular flexibility index (Phi) is 4.39. The van der Waals surface area contributed by atoms with Gasteiger partial charge in [0.05, 0.1) is 10.6 Å². The number of carbonyl (C=O) groups is 1. The van der Waals surface area contributed by atoms with E-state index in [4.69, 9.17) is 16.7 Å². The average molecular weight is 297 g/mol. The number of hydrogen-bond donors (Lipinski definition) is 2. The second kappa shape index (κ2) is 6.04. The number of nitrogens with one attached hydrogen (secondary N) is 1. The van der Waals surface area contributed by atoms with E-state index in [0.717, 1.165) is 6.42 Å². The maximum atomic E-state index is 11.0. The molecule has 1 atom stereocenters. The number of carboxylic acids is 1. The second-order valence-electron chi connectivity index (χ2n) is 4.24. The summed E-state index contributed by atoms with van der Waals surface area (Å²) in [6.07, 6.45) is 2.21. The Labute approximate surface area is 120 Å². The SMILES string of the molecule is CC(Cc1ccsc1)Nc1cc(C(=O)O)c(Cl)cn1. The fraction of sp³-hybridized carbons (Fsp3) is 0.231. The fourth-order valence-electron chi connectivity index (χ4n) is 1.75. The van der Waals surface area contributed by atoms with Gasteiger partial charge in [-0.15, -0.1) is 0 Å². The summed E-state index contributed by atoms with van der Waals surface area (Å²) in [4.78, 5) is 15.1. The Hall–Kier alpha value is -1.59. The van der Waals surface area contributed by atoms with Gasteiger partial charge in [0.25, 0.3) is 0 Å². The molecule has 4 nitrogen and oxygen atoms in total. The van der Waals surface area contributed by atoms with Crippen LogP contribution in [0.1, 0.15) is 22.8 Å². The van der Waals surface area contributed by atoms with Crippen LogP contribution in [-0.4, -0.2) is 22.1 Å². The van der Waals surface area contributed by atoms with Crippen molar-refractivity contribution >= 4 is 34.7 Å². The molecule has 0 aliphatic heterocycles. The molecule has 2 N–H and O–H groups in total. The highest BCUT2D eigenvalue weighted by Gasteiger charge is 2.12. The first kappa shape index (κ1) is 13.8. The Morgan fingerprint density at radius 2 is 2.42 bits per heavy atom. The largest absolute Gasteiger partial charge is 0.478 e. The number of thiophene rings is 1. The van der Waals surface area contributed by atoms with Crippen LogP contribution in [0.15, 0.2) is 29.1 Å². The number of aromatic carboxylic acids is 1. The molecule has 0 bridgehead atoms. The minimum atomic E-state index is -1.05. The van der Waals surface area contributed by atoms with E-state index in [-0.39, 0.29) is 16.6 Å². The topological polar surface area (TPSA) is 62.2 Å². The lowest BCUT2D eigenvalue weighted by Gasteiger charge is -2.14. The maximum absolute atomic E-state index is 11.0. The van der Waals surface area contributed by atoms with Gasteiger partial charge in [0.15, 0.2) is 0 Å². The van der Waals surface area contributed by atoms with Crippen molar-refractivity contribution in [2.24, 2.45) is 0 Å². The van der Waals surface area contributed by atoms with E-state index in [2.05, 4.69) is 21.7 Å². The van der Waals surface area contributed by atoms with Crippen molar-refractivity contribution in [3.05, 3.63) is 45.2 Å². The van der Waals surface area contributed by atoms with Crippen LogP contribution in [-0.2, 0) is 6.42 Å². The van der Waals surface area contributed by atoms with Crippen LogP contribution >= 0.6 is 22.9 Å². The Morgan fingerprint density at radius 1 is 1.63 bits per heavy atom. The number of carboxylic acid groups (broad SMARTS) is 1. The van der Waals surface area contributed by atoms with Gasteiger partial charge in [-0.25, -0.2) is 9.78 Å². The van der Waals surface area contributed by atoms with Crippen LogP contribution < -0.4 is 5.32 Å². The lowest BCUT2D eigenvalue weighted by atomic mass is 10.1. The van der Waals surface area contributed by atoms with Crippen molar-refractivity contribution in [2.45, 2.75) is 19.4 Å². The van der Waals surface area contributed by atoms with Gasteiger partial charge >= 0.3 is 5.97 Å². The molecular weight excluding hydrogens is 284 g/mol. The predicted molar refractivity (Wildman–Crippen MR) is 77.3 cm³/mol. The van der Waals surface area contributed by atoms with Crippen LogP contribution in [0.4, 0.5) is 5.82 Å². The third-order valence-electron chi connectivity index (χ3n) is 2.60. The van der Waals surface area contributed by atoms with E-state index >= 15 is 0 Å². The molecule has 2 rings (SSSR count). The van der Waals surface area contributed by atoms with Gasteiger partial charge in [0.2, 0.25) is 0 Å². The number of aromatic nitrogens is 1. The number of nitrogens with zero attached hydrogens (tertiary/aromatic N) is 1. The Balaban J connectivity index is 2.06. The third-order valence-corrected chi connectivity index (χ3v) is 3.64. The minimum Gasteiger partial charge on any atom is -0.478 e. The smallest absolute Gasteiger partial charge is 0.337 e. The van der Waals surface area contributed by atoms with E-state index in [1.165, 1.54) is 17.8 Å². The van der Waals surface area contributed by atoms with E-state index in [9.17, 15) is 4.79 Å². The third kappa shape index (κ3) is 3.68. The zero-order valence-corrected chi connectivity index (χ0v) is 11.8.